The van der Waals surface area contributed by atoms with Crippen LogP contribution in [0.5, 0.6) is 0 Å². The molecule has 3 nitrogen and oxygen atoms in total. The molecule has 0 aliphatic rings. The number of hydrogen-bond acceptors (Lipinski definition) is 3. The summed E-state index contributed by atoms with van der Waals surface area (Å²) in [6.45, 7) is 6.83. The highest BCUT2D eigenvalue weighted by Gasteiger charge is 2.25. The standard InChI is InChI=1S/C12H20N2OS/c1-4-12(5-2,8-16)7-14-9-13-10(3)6-11(14)15/h6,9,16H,4-5,7-8H2,1-3H3. The average molecular weight is 240 g/mol. The molecular formula is C12H20N2OS. The molecule has 0 bridgehead atoms. The lowest BCUT2D eigenvalue weighted by Gasteiger charge is -2.30. The lowest BCUT2D eigenvalue weighted by atomic mass is 9.84. The quantitative estimate of drug-likeness (QED) is 0.801. The molecule has 0 radical (unpaired) electrons. The van der Waals surface area contributed by atoms with Crippen molar-refractivity contribution in [2.24, 2.45) is 5.41 Å². The second-order valence-electron chi connectivity index (χ2n) is 4.36. The third-order valence-electron chi connectivity index (χ3n) is 3.36. The fourth-order valence-electron chi connectivity index (χ4n) is 1.74. The van der Waals surface area contributed by atoms with Crippen LogP contribution >= 0.6 is 12.6 Å². The van der Waals surface area contributed by atoms with Gasteiger partial charge in [0.05, 0.1) is 6.33 Å². The van der Waals surface area contributed by atoms with Crippen molar-refractivity contribution in [3.8, 4) is 0 Å². The first-order chi connectivity index (χ1) is 7.56. The van der Waals surface area contributed by atoms with Crippen molar-refractivity contribution in [2.45, 2.75) is 40.2 Å². The van der Waals surface area contributed by atoms with Gasteiger partial charge in [0.2, 0.25) is 0 Å². The van der Waals surface area contributed by atoms with Crippen LogP contribution < -0.4 is 5.56 Å². The zero-order chi connectivity index (χ0) is 12.2. The predicted molar refractivity (Wildman–Crippen MR) is 70.1 cm³/mol. The van der Waals surface area contributed by atoms with E-state index in [-0.39, 0.29) is 11.0 Å². The van der Waals surface area contributed by atoms with Gasteiger partial charge in [0, 0.05) is 18.3 Å². The average Bonchev–Trinajstić information content (AvgIpc) is 2.29. The SMILES string of the molecule is CCC(CC)(CS)Cn1cnc(C)cc1=O. The van der Waals surface area contributed by atoms with Crippen LogP contribution in [0.3, 0.4) is 0 Å². The lowest BCUT2D eigenvalue weighted by Crippen LogP contribution is -2.33. The minimum absolute atomic E-state index is 0.0283. The predicted octanol–water partition coefficient (Wildman–Crippen LogP) is 2.29. The highest BCUT2D eigenvalue weighted by Crippen LogP contribution is 2.29. The summed E-state index contributed by atoms with van der Waals surface area (Å²) in [5.41, 5.74) is 0.899. The molecule has 90 valence electrons. The third kappa shape index (κ3) is 2.88. The Morgan fingerprint density at radius 2 is 2.06 bits per heavy atom. The molecule has 0 aromatic carbocycles. The van der Waals surface area contributed by atoms with Crippen molar-refractivity contribution in [1.82, 2.24) is 9.55 Å². The number of aryl methyl sites for hydroxylation is 1. The highest BCUT2D eigenvalue weighted by atomic mass is 32.1. The van der Waals surface area contributed by atoms with E-state index in [0.29, 0.717) is 6.54 Å². The molecule has 0 aliphatic heterocycles. The van der Waals surface area contributed by atoms with E-state index in [1.165, 1.54) is 0 Å². The van der Waals surface area contributed by atoms with Crippen LogP contribution in [0.15, 0.2) is 17.2 Å². The molecule has 1 heterocycles. The fourth-order valence-corrected chi connectivity index (χ4v) is 2.29. The normalized spacial score (nSPS) is 11.8. The summed E-state index contributed by atoms with van der Waals surface area (Å²) in [6.07, 6.45) is 3.68. The van der Waals surface area contributed by atoms with Crippen molar-refractivity contribution in [3.63, 3.8) is 0 Å². The Morgan fingerprint density at radius 3 is 2.50 bits per heavy atom. The van der Waals surface area contributed by atoms with Crippen LogP contribution in [-0.4, -0.2) is 15.3 Å². The summed E-state index contributed by atoms with van der Waals surface area (Å²) >= 11 is 4.41. The lowest BCUT2D eigenvalue weighted by molar-refractivity contribution is 0.253. The van der Waals surface area contributed by atoms with Crippen molar-refractivity contribution in [2.75, 3.05) is 5.75 Å². The van der Waals surface area contributed by atoms with Gasteiger partial charge in [-0.25, -0.2) is 4.98 Å². The molecule has 0 atom stereocenters. The van der Waals surface area contributed by atoms with Gasteiger partial charge in [0.1, 0.15) is 0 Å². The van der Waals surface area contributed by atoms with Crippen LogP contribution in [0.25, 0.3) is 0 Å². The van der Waals surface area contributed by atoms with Crippen LogP contribution in [0.4, 0.5) is 0 Å². The zero-order valence-electron chi connectivity index (χ0n) is 10.2. The maximum absolute atomic E-state index is 11.8. The Kier molecular flexibility index (Phi) is 4.59. The molecule has 1 rings (SSSR count). The number of aromatic nitrogens is 2. The molecule has 0 saturated carbocycles. The summed E-state index contributed by atoms with van der Waals surface area (Å²) in [6, 6.07) is 1.58. The largest absolute Gasteiger partial charge is 0.299 e. The van der Waals surface area contributed by atoms with Crippen LogP contribution in [0, 0.1) is 12.3 Å². The van der Waals surface area contributed by atoms with E-state index in [2.05, 4.69) is 31.5 Å². The van der Waals surface area contributed by atoms with Gasteiger partial charge in [0.15, 0.2) is 0 Å². The molecule has 0 amide bonds. The van der Waals surface area contributed by atoms with Gasteiger partial charge in [-0.1, -0.05) is 13.8 Å². The second kappa shape index (κ2) is 5.53. The van der Waals surface area contributed by atoms with E-state index >= 15 is 0 Å². The van der Waals surface area contributed by atoms with Crippen molar-refractivity contribution in [3.05, 3.63) is 28.4 Å². The molecule has 0 N–H and O–H groups in total. The minimum Gasteiger partial charge on any atom is -0.299 e. The Hall–Kier alpha value is -0.770. The summed E-state index contributed by atoms with van der Waals surface area (Å²) < 4.78 is 1.69. The summed E-state index contributed by atoms with van der Waals surface area (Å²) in [4.78, 5) is 15.9. The van der Waals surface area contributed by atoms with Crippen molar-refractivity contribution in [1.29, 1.82) is 0 Å². The Labute approximate surface area is 102 Å². The molecule has 1 aromatic heterocycles. The van der Waals surface area contributed by atoms with E-state index in [0.717, 1.165) is 24.3 Å². The van der Waals surface area contributed by atoms with Crippen LogP contribution in [-0.2, 0) is 6.54 Å². The third-order valence-corrected chi connectivity index (χ3v) is 4.03. The Morgan fingerprint density at radius 1 is 1.44 bits per heavy atom. The van der Waals surface area contributed by atoms with Crippen molar-refractivity contribution >= 4 is 12.6 Å². The Bertz CT molecular complexity index is 388. The first-order valence-corrected chi connectivity index (χ1v) is 6.34. The van der Waals surface area contributed by atoms with Gasteiger partial charge in [-0.3, -0.25) is 9.36 Å². The van der Waals surface area contributed by atoms with Gasteiger partial charge in [0.25, 0.3) is 5.56 Å². The van der Waals surface area contributed by atoms with Crippen LogP contribution in [0.2, 0.25) is 0 Å². The van der Waals surface area contributed by atoms with E-state index in [1.807, 2.05) is 6.92 Å². The van der Waals surface area contributed by atoms with E-state index in [1.54, 1.807) is 17.0 Å². The van der Waals surface area contributed by atoms with Gasteiger partial charge in [-0.15, -0.1) is 0 Å². The van der Waals surface area contributed by atoms with Crippen LogP contribution in [0.1, 0.15) is 32.4 Å². The van der Waals surface area contributed by atoms with E-state index in [9.17, 15) is 4.79 Å². The second-order valence-corrected chi connectivity index (χ2v) is 4.68. The number of rotatable bonds is 5. The molecule has 0 unspecified atom stereocenters. The van der Waals surface area contributed by atoms with Gasteiger partial charge < -0.3 is 0 Å². The highest BCUT2D eigenvalue weighted by molar-refractivity contribution is 7.80. The van der Waals surface area contributed by atoms with Gasteiger partial charge in [-0.05, 0) is 30.9 Å². The first-order valence-electron chi connectivity index (χ1n) is 5.71. The van der Waals surface area contributed by atoms with E-state index in [4.69, 9.17) is 0 Å². The molecule has 0 spiro atoms. The molecule has 0 saturated heterocycles. The Balaban J connectivity index is 2.98. The van der Waals surface area contributed by atoms with E-state index < -0.39 is 0 Å². The molecular weight excluding hydrogens is 220 g/mol. The topological polar surface area (TPSA) is 34.9 Å². The van der Waals surface area contributed by atoms with Gasteiger partial charge >= 0.3 is 0 Å². The summed E-state index contributed by atoms with van der Waals surface area (Å²) in [5, 5.41) is 0. The molecule has 4 heteroatoms. The monoisotopic (exact) mass is 240 g/mol. The van der Waals surface area contributed by atoms with Crippen molar-refractivity contribution < 1.29 is 0 Å². The summed E-state index contributed by atoms with van der Waals surface area (Å²) in [5.74, 6) is 0.792. The zero-order valence-corrected chi connectivity index (χ0v) is 11.1. The summed E-state index contributed by atoms with van der Waals surface area (Å²) in [7, 11) is 0. The molecule has 0 aliphatic carbocycles. The van der Waals surface area contributed by atoms with Gasteiger partial charge in [-0.2, -0.15) is 12.6 Å². The maximum atomic E-state index is 11.8. The molecule has 1 aromatic rings. The maximum Gasteiger partial charge on any atom is 0.253 e. The fraction of sp³-hybridized carbons (Fsp3) is 0.667. The number of thiol groups is 1. The first kappa shape index (κ1) is 13.3. The molecule has 16 heavy (non-hydrogen) atoms. The smallest absolute Gasteiger partial charge is 0.253 e. The number of hydrogen-bond donors (Lipinski definition) is 1. The number of nitrogens with zero attached hydrogens (tertiary/aromatic N) is 2. The molecule has 0 fully saturated rings. The minimum atomic E-state index is 0.0283.